The first-order chi connectivity index (χ1) is 22.7. The molecule has 0 saturated carbocycles. The number of carboxylic acids is 1. The number of hydrogen-bond acceptors (Lipinski definition) is 7. The second-order valence-corrected chi connectivity index (χ2v) is 12.7. The summed E-state index contributed by atoms with van der Waals surface area (Å²) in [5.74, 6) is -3.09. The first-order valence-electron chi connectivity index (χ1n) is 16.0. The Balaban J connectivity index is 1.78. The highest BCUT2D eigenvalue weighted by Crippen LogP contribution is 2.21. The number of amides is 4. The van der Waals surface area contributed by atoms with E-state index >= 15 is 0 Å². The molecule has 2 aromatic carbocycles. The average molecular weight is 666 g/mol. The Morgan fingerprint density at radius 1 is 0.896 bits per heavy atom. The molecule has 0 unspecified atom stereocenters. The Hall–Kier alpha value is -5.14. The van der Waals surface area contributed by atoms with Gasteiger partial charge in [0.1, 0.15) is 29.8 Å². The fourth-order valence-electron chi connectivity index (χ4n) is 5.37. The Morgan fingerprint density at radius 3 is 2.02 bits per heavy atom. The molecule has 0 radical (unpaired) electrons. The second-order valence-electron chi connectivity index (χ2n) is 12.7. The summed E-state index contributed by atoms with van der Waals surface area (Å²) < 4.78 is 5.41. The Bertz CT molecular complexity index is 1430. The number of carbonyl (C=O) groups is 5. The molecule has 1 fully saturated rings. The first-order valence-corrected chi connectivity index (χ1v) is 16.0. The molecule has 0 spiro atoms. The molecular formula is C34H47N7O7. The highest BCUT2D eigenvalue weighted by molar-refractivity contribution is 5.95. The highest BCUT2D eigenvalue weighted by Gasteiger charge is 2.39. The van der Waals surface area contributed by atoms with Crippen LogP contribution in [-0.4, -0.2) is 88.6 Å². The minimum atomic E-state index is -1.25. The van der Waals surface area contributed by atoms with Gasteiger partial charge in [0.2, 0.25) is 17.7 Å². The topological polar surface area (TPSA) is 219 Å². The number of nitrogens with two attached hydrogens (primary N) is 2. The molecule has 0 aliphatic carbocycles. The number of carbonyl (C=O) groups excluding carboxylic acids is 4. The molecular weight excluding hydrogens is 618 g/mol. The smallest absolute Gasteiger partial charge is 0.408 e. The van der Waals surface area contributed by atoms with Crippen molar-refractivity contribution in [1.82, 2.24) is 20.9 Å². The van der Waals surface area contributed by atoms with E-state index in [1.54, 1.807) is 51.1 Å². The summed E-state index contributed by atoms with van der Waals surface area (Å²) in [5.41, 5.74) is 11.6. The van der Waals surface area contributed by atoms with Crippen LogP contribution in [0, 0.1) is 0 Å². The van der Waals surface area contributed by atoms with E-state index < -0.39 is 59.6 Å². The summed E-state index contributed by atoms with van der Waals surface area (Å²) in [5, 5.41) is 17.8. The van der Waals surface area contributed by atoms with E-state index in [0.717, 1.165) is 5.56 Å². The number of nitrogens with zero attached hydrogens (tertiary/aromatic N) is 2. The van der Waals surface area contributed by atoms with Gasteiger partial charge in [0, 0.05) is 25.9 Å². The number of aliphatic imine (C=N–C) groups is 1. The second kappa shape index (κ2) is 17.7. The fourth-order valence-corrected chi connectivity index (χ4v) is 5.37. The van der Waals surface area contributed by atoms with Gasteiger partial charge in [-0.3, -0.25) is 19.4 Å². The van der Waals surface area contributed by atoms with Gasteiger partial charge in [0.05, 0.1) is 0 Å². The van der Waals surface area contributed by atoms with Crippen LogP contribution in [0.15, 0.2) is 65.7 Å². The van der Waals surface area contributed by atoms with Gasteiger partial charge in [-0.2, -0.15) is 0 Å². The number of carboxylic acid groups (broad SMARTS) is 1. The van der Waals surface area contributed by atoms with Gasteiger partial charge in [-0.05, 0) is 57.6 Å². The van der Waals surface area contributed by atoms with Gasteiger partial charge in [-0.1, -0.05) is 60.7 Å². The quantitative estimate of drug-likeness (QED) is 0.0920. The van der Waals surface area contributed by atoms with Crippen molar-refractivity contribution in [3.8, 4) is 0 Å². The molecule has 260 valence electrons. The van der Waals surface area contributed by atoms with Crippen LogP contribution in [0.5, 0.6) is 0 Å². The van der Waals surface area contributed by atoms with Crippen LogP contribution in [0.2, 0.25) is 0 Å². The number of hydrogen-bond donors (Lipinski definition) is 6. The van der Waals surface area contributed by atoms with Gasteiger partial charge >= 0.3 is 12.1 Å². The lowest BCUT2D eigenvalue weighted by atomic mass is 10.0. The van der Waals surface area contributed by atoms with Crippen molar-refractivity contribution in [2.45, 2.75) is 89.1 Å². The lowest BCUT2D eigenvalue weighted by Gasteiger charge is -2.30. The molecule has 4 amide bonds. The van der Waals surface area contributed by atoms with Crippen LogP contribution in [0.1, 0.15) is 57.6 Å². The number of alkyl carbamates (subject to hydrolysis) is 1. The van der Waals surface area contributed by atoms with Crippen molar-refractivity contribution in [3.05, 3.63) is 71.8 Å². The number of ether oxygens (including phenoxy) is 1. The monoisotopic (exact) mass is 665 g/mol. The number of aliphatic carboxylic acids is 1. The summed E-state index contributed by atoms with van der Waals surface area (Å²) in [7, 11) is 0. The molecule has 14 heteroatoms. The Morgan fingerprint density at radius 2 is 1.48 bits per heavy atom. The van der Waals surface area contributed by atoms with Crippen molar-refractivity contribution in [3.63, 3.8) is 0 Å². The standard InChI is InChI=1S/C34H47N7O7/c1-34(2,3)48-33(47)40-25(20-22-12-6-4-7-13-22)30(44)41-19-11-17-27(41)29(43)38-24(16-10-18-37-32(35)36)28(42)39-26(31(45)46)21-23-14-8-5-9-15-23/h4-9,12-15,24-27H,10-11,16-21H2,1-3H3,(H,38,43)(H,39,42)(H,40,47)(H,45,46)(H4,35,36,37)/t24-,25+,26-,27-/m0/s1. The zero-order valence-corrected chi connectivity index (χ0v) is 27.7. The van der Waals surface area contributed by atoms with Crippen LogP contribution in [0.3, 0.4) is 0 Å². The molecule has 14 nitrogen and oxygen atoms in total. The number of likely N-dealkylation sites (tertiary alicyclic amines) is 1. The third-order valence-corrected chi connectivity index (χ3v) is 7.59. The summed E-state index contributed by atoms with van der Waals surface area (Å²) in [6, 6.07) is 13.7. The fraction of sp³-hybridized carbons (Fsp3) is 0.471. The van der Waals surface area contributed by atoms with Crippen LogP contribution in [-0.2, 0) is 36.8 Å². The normalized spacial score (nSPS) is 16.1. The summed E-state index contributed by atoms with van der Waals surface area (Å²) in [4.78, 5) is 71.3. The molecule has 1 aliphatic rings. The van der Waals surface area contributed by atoms with Crippen molar-refractivity contribution in [2.24, 2.45) is 16.5 Å². The summed E-state index contributed by atoms with van der Waals surface area (Å²) in [6.45, 7) is 5.58. The summed E-state index contributed by atoms with van der Waals surface area (Å²) >= 11 is 0. The van der Waals surface area contributed by atoms with E-state index in [9.17, 15) is 29.1 Å². The molecule has 4 atom stereocenters. The van der Waals surface area contributed by atoms with Gasteiger partial charge < -0.3 is 42.2 Å². The molecule has 8 N–H and O–H groups in total. The zero-order chi connectivity index (χ0) is 35.3. The van der Waals surface area contributed by atoms with Gasteiger partial charge in [0.15, 0.2) is 5.96 Å². The van der Waals surface area contributed by atoms with Crippen LogP contribution in [0.4, 0.5) is 4.79 Å². The van der Waals surface area contributed by atoms with Gasteiger partial charge in [-0.25, -0.2) is 9.59 Å². The molecule has 0 aromatic heterocycles. The van der Waals surface area contributed by atoms with Crippen molar-refractivity contribution in [1.29, 1.82) is 0 Å². The molecule has 48 heavy (non-hydrogen) atoms. The summed E-state index contributed by atoms with van der Waals surface area (Å²) in [6.07, 6.45) is 0.692. The van der Waals surface area contributed by atoms with Crippen molar-refractivity contribution >= 4 is 35.7 Å². The van der Waals surface area contributed by atoms with E-state index in [-0.39, 0.29) is 38.3 Å². The first kappa shape index (κ1) is 37.3. The van der Waals surface area contributed by atoms with E-state index in [1.165, 1.54) is 4.90 Å². The van der Waals surface area contributed by atoms with Gasteiger partial charge in [-0.15, -0.1) is 0 Å². The maximum Gasteiger partial charge on any atom is 0.408 e. The molecule has 2 aromatic rings. The largest absolute Gasteiger partial charge is 0.480 e. The predicted molar refractivity (Wildman–Crippen MR) is 180 cm³/mol. The maximum absolute atomic E-state index is 13.9. The molecule has 1 aliphatic heterocycles. The van der Waals surface area contributed by atoms with Crippen LogP contribution < -0.4 is 27.4 Å². The number of benzene rings is 2. The van der Waals surface area contributed by atoms with Crippen molar-refractivity contribution in [2.75, 3.05) is 13.1 Å². The van der Waals surface area contributed by atoms with Gasteiger partial charge in [0.25, 0.3) is 0 Å². The van der Waals surface area contributed by atoms with Crippen molar-refractivity contribution < 1.29 is 33.8 Å². The predicted octanol–water partition coefficient (Wildman–Crippen LogP) is 1.46. The molecule has 1 heterocycles. The van der Waals surface area contributed by atoms with E-state index in [0.29, 0.717) is 24.8 Å². The van der Waals surface area contributed by atoms with Crippen LogP contribution in [0.25, 0.3) is 0 Å². The Kier molecular flexibility index (Phi) is 13.8. The lowest BCUT2D eigenvalue weighted by Crippen LogP contribution is -2.58. The third kappa shape index (κ3) is 12.2. The molecule has 3 rings (SSSR count). The third-order valence-electron chi connectivity index (χ3n) is 7.59. The molecule has 1 saturated heterocycles. The minimum absolute atomic E-state index is 0.0366. The number of nitrogens with one attached hydrogen (secondary N) is 3. The zero-order valence-electron chi connectivity index (χ0n) is 27.7. The molecule has 0 bridgehead atoms. The average Bonchev–Trinajstić information content (AvgIpc) is 3.52. The lowest BCUT2D eigenvalue weighted by molar-refractivity contribution is -0.143. The van der Waals surface area contributed by atoms with E-state index in [1.807, 2.05) is 30.3 Å². The maximum atomic E-state index is 13.9. The van der Waals surface area contributed by atoms with E-state index in [2.05, 4.69) is 20.9 Å². The van der Waals surface area contributed by atoms with E-state index in [4.69, 9.17) is 16.2 Å². The Labute approximate surface area is 280 Å². The SMILES string of the molecule is CC(C)(C)OC(=O)N[C@H](Cc1ccccc1)C(=O)N1CCC[C@H]1C(=O)N[C@@H](CCCN=C(N)N)C(=O)N[C@@H](Cc1ccccc1)C(=O)O. The number of guanidine groups is 1. The number of rotatable bonds is 15. The highest BCUT2D eigenvalue weighted by atomic mass is 16.6. The van der Waals surface area contributed by atoms with Crippen LogP contribution >= 0.6 is 0 Å². The minimum Gasteiger partial charge on any atom is -0.480 e.